The summed E-state index contributed by atoms with van der Waals surface area (Å²) < 4.78 is 5.83. The van der Waals surface area contributed by atoms with Gasteiger partial charge in [0, 0.05) is 0 Å². The van der Waals surface area contributed by atoms with Gasteiger partial charge in [0.2, 0.25) is 5.91 Å². The van der Waals surface area contributed by atoms with Crippen LogP contribution in [-0.2, 0) is 9.53 Å². The van der Waals surface area contributed by atoms with E-state index in [4.69, 9.17) is 4.74 Å². The molecule has 0 spiro atoms. The molecule has 1 aromatic rings. The van der Waals surface area contributed by atoms with Crippen LogP contribution >= 0.6 is 15.9 Å². The second-order valence-electron chi connectivity index (χ2n) is 8.11. The zero-order chi connectivity index (χ0) is 18.9. The van der Waals surface area contributed by atoms with E-state index in [1.54, 1.807) is 20.8 Å². The first-order chi connectivity index (χ1) is 12.2. The van der Waals surface area contributed by atoms with Crippen LogP contribution in [0.25, 0.3) is 0 Å². The van der Waals surface area contributed by atoms with Crippen molar-refractivity contribution in [1.82, 2.24) is 15.3 Å². The molecule has 26 heavy (non-hydrogen) atoms. The van der Waals surface area contributed by atoms with E-state index in [2.05, 4.69) is 36.5 Å². The quantitative estimate of drug-likeness (QED) is 0.681. The van der Waals surface area contributed by atoms with Gasteiger partial charge in [-0.3, -0.25) is 4.79 Å². The van der Waals surface area contributed by atoms with Crippen molar-refractivity contribution in [3.8, 4) is 0 Å². The number of hydrogen-bond acceptors (Lipinski definition) is 5. The first kappa shape index (κ1) is 19.1. The maximum atomic E-state index is 13.0. The summed E-state index contributed by atoms with van der Waals surface area (Å²) in [6.07, 6.45) is 6.96. The van der Waals surface area contributed by atoms with E-state index in [1.807, 2.05) is 0 Å². The maximum Gasteiger partial charge on any atom is 0.408 e. The lowest BCUT2D eigenvalue weighted by atomic mass is 9.88. The number of halogens is 1. The molecule has 1 aromatic heterocycles. The Kier molecular flexibility index (Phi) is 5.50. The molecule has 2 fully saturated rings. The Hall–Kier alpha value is -1.70. The van der Waals surface area contributed by atoms with E-state index in [-0.39, 0.29) is 11.8 Å². The number of anilines is 1. The van der Waals surface area contributed by atoms with Gasteiger partial charge in [0.15, 0.2) is 4.73 Å². The molecular weight excluding hydrogens is 400 g/mol. The maximum absolute atomic E-state index is 13.0. The van der Waals surface area contributed by atoms with E-state index < -0.39 is 17.7 Å². The zero-order valence-electron chi connectivity index (χ0n) is 15.3. The third-order valence-corrected chi connectivity index (χ3v) is 4.97. The van der Waals surface area contributed by atoms with Crippen molar-refractivity contribution >= 4 is 33.6 Å². The van der Waals surface area contributed by atoms with Crippen molar-refractivity contribution in [3.05, 3.63) is 17.1 Å². The van der Waals surface area contributed by atoms with Crippen LogP contribution in [0.5, 0.6) is 0 Å². The molecule has 142 valence electrons. The summed E-state index contributed by atoms with van der Waals surface area (Å²) in [4.78, 5) is 33.3. The number of alkyl carbamates (subject to hydrolysis) is 1. The predicted octanol–water partition coefficient (Wildman–Crippen LogP) is 3.51. The van der Waals surface area contributed by atoms with Crippen molar-refractivity contribution in [3.63, 3.8) is 0 Å². The largest absolute Gasteiger partial charge is 0.444 e. The highest BCUT2D eigenvalue weighted by molar-refractivity contribution is 9.10. The molecule has 2 aliphatic rings. The molecule has 2 saturated carbocycles. The average Bonchev–Trinajstić information content (AvgIpc) is 3.41. The first-order valence-electron chi connectivity index (χ1n) is 9.01. The van der Waals surface area contributed by atoms with Crippen molar-refractivity contribution in [2.75, 3.05) is 5.32 Å². The van der Waals surface area contributed by atoms with Crippen LogP contribution in [0.15, 0.2) is 17.1 Å². The van der Waals surface area contributed by atoms with Gasteiger partial charge in [-0.25, -0.2) is 14.8 Å². The summed E-state index contributed by atoms with van der Waals surface area (Å²) in [7, 11) is 0. The van der Waals surface area contributed by atoms with Crippen LogP contribution in [0.4, 0.5) is 10.5 Å². The second kappa shape index (κ2) is 7.50. The molecule has 8 heteroatoms. The molecule has 7 nitrogen and oxygen atoms in total. The number of aromatic nitrogens is 2. The van der Waals surface area contributed by atoms with Crippen LogP contribution in [0.3, 0.4) is 0 Å². The van der Waals surface area contributed by atoms with E-state index in [9.17, 15) is 9.59 Å². The van der Waals surface area contributed by atoms with Gasteiger partial charge in [-0.1, -0.05) is 0 Å². The molecule has 0 radical (unpaired) electrons. The molecule has 0 unspecified atom stereocenters. The summed E-state index contributed by atoms with van der Waals surface area (Å²) in [5.74, 6) is 0.896. The van der Waals surface area contributed by atoms with Gasteiger partial charge in [-0.15, -0.1) is 0 Å². The fraction of sp³-hybridized carbons (Fsp3) is 0.667. The Bertz CT molecular complexity index is 654. The number of carbonyl (C=O) groups excluding carboxylic acids is 2. The van der Waals surface area contributed by atoms with Crippen LogP contribution in [0, 0.1) is 17.8 Å². The molecule has 0 saturated heterocycles. The Morgan fingerprint density at radius 1 is 1.15 bits per heavy atom. The number of carbonyl (C=O) groups is 2. The molecule has 3 rings (SSSR count). The SMILES string of the molecule is CC(C)(C)OC(=O)N[C@H](C(=O)Nc1cnc(Br)nc1)C(C1CC1)C1CC1. The van der Waals surface area contributed by atoms with Gasteiger partial charge in [0.25, 0.3) is 0 Å². The van der Waals surface area contributed by atoms with Crippen LogP contribution in [0.2, 0.25) is 0 Å². The summed E-state index contributed by atoms with van der Waals surface area (Å²) in [6.45, 7) is 5.42. The Labute approximate surface area is 161 Å². The van der Waals surface area contributed by atoms with E-state index in [0.29, 0.717) is 22.3 Å². The fourth-order valence-corrected chi connectivity index (χ4v) is 3.46. The standard InChI is InChI=1S/C18H25BrN4O3/c1-18(2,3)26-17(25)23-14(13(10-4-5-10)11-6-7-11)15(24)22-12-8-20-16(19)21-9-12/h8-11,13-14H,4-7H2,1-3H3,(H,22,24)(H,23,25)/t14-/m0/s1. The lowest BCUT2D eigenvalue weighted by Crippen LogP contribution is -2.51. The highest BCUT2D eigenvalue weighted by Gasteiger charge is 2.48. The van der Waals surface area contributed by atoms with Gasteiger partial charge in [0.05, 0.1) is 18.1 Å². The zero-order valence-corrected chi connectivity index (χ0v) is 16.9. The van der Waals surface area contributed by atoms with Crippen molar-refractivity contribution < 1.29 is 14.3 Å². The summed E-state index contributed by atoms with van der Waals surface area (Å²) in [5, 5.41) is 5.65. The van der Waals surface area contributed by atoms with Crippen LogP contribution in [-0.4, -0.2) is 33.6 Å². The number of rotatable bonds is 6. The number of ether oxygens (including phenoxy) is 1. The number of amides is 2. The third-order valence-electron chi connectivity index (χ3n) is 4.56. The summed E-state index contributed by atoms with van der Waals surface area (Å²) >= 11 is 3.17. The van der Waals surface area contributed by atoms with Crippen molar-refractivity contribution in [2.45, 2.75) is 58.1 Å². The minimum absolute atomic E-state index is 0.152. The van der Waals surface area contributed by atoms with Crippen molar-refractivity contribution in [1.29, 1.82) is 0 Å². The van der Waals surface area contributed by atoms with Gasteiger partial charge in [-0.2, -0.15) is 0 Å². The number of hydrogen-bond donors (Lipinski definition) is 2. The summed E-state index contributed by atoms with van der Waals surface area (Å²) in [6, 6.07) is -0.617. The molecule has 0 bridgehead atoms. The highest BCUT2D eigenvalue weighted by atomic mass is 79.9. The first-order valence-corrected chi connectivity index (χ1v) is 9.80. The number of nitrogens with one attached hydrogen (secondary N) is 2. The Balaban J connectivity index is 1.74. The Morgan fingerprint density at radius 3 is 2.15 bits per heavy atom. The number of nitrogens with zero attached hydrogens (tertiary/aromatic N) is 2. The fourth-order valence-electron chi connectivity index (χ4n) is 3.26. The summed E-state index contributed by atoms with van der Waals surface area (Å²) in [5.41, 5.74) is -0.112. The van der Waals surface area contributed by atoms with Gasteiger partial charge in [-0.05, 0) is 80.1 Å². The molecule has 2 N–H and O–H groups in total. The lowest BCUT2D eigenvalue weighted by molar-refractivity contribution is -0.120. The molecule has 0 aromatic carbocycles. The average molecular weight is 425 g/mol. The second-order valence-corrected chi connectivity index (χ2v) is 8.82. The topological polar surface area (TPSA) is 93.2 Å². The lowest BCUT2D eigenvalue weighted by Gasteiger charge is -2.29. The molecular formula is C18H25BrN4O3. The predicted molar refractivity (Wildman–Crippen MR) is 100 cm³/mol. The van der Waals surface area contributed by atoms with Crippen LogP contribution < -0.4 is 10.6 Å². The minimum Gasteiger partial charge on any atom is -0.444 e. The molecule has 2 amide bonds. The third kappa shape index (κ3) is 5.40. The normalized spacial score (nSPS) is 18.3. The molecule has 0 aliphatic heterocycles. The van der Waals surface area contributed by atoms with Gasteiger partial charge in [0.1, 0.15) is 11.6 Å². The van der Waals surface area contributed by atoms with Gasteiger partial charge >= 0.3 is 6.09 Å². The van der Waals surface area contributed by atoms with Gasteiger partial charge < -0.3 is 15.4 Å². The van der Waals surface area contributed by atoms with E-state index in [1.165, 1.54) is 12.4 Å². The smallest absolute Gasteiger partial charge is 0.408 e. The molecule has 1 heterocycles. The molecule has 2 aliphatic carbocycles. The Morgan fingerprint density at radius 2 is 1.69 bits per heavy atom. The minimum atomic E-state index is -0.617. The van der Waals surface area contributed by atoms with E-state index >= 15 is 0 Å². The van der Waals surface area contributed by atoms with E-state index in [0.717, 1.165) is 25.7 Å². The molecule has 1 atom stereocenters. The highest BCUT2D eigenvalue weighted by Crippen LogP contribution is 2.50. The van der Waals surface area contributed by atoms with Crippen molar-refractivity contribution in [2.24, 2.45) is 17.8 Å². The van der Waals surface area contributed by atoms with Crippen LogP contribution in [0.1, 0.15) is 46.5 Å². The monoisotopic (exact) mass is 424 g/mol.